The second-order valence-electron chi connectivity index (χ2n) is 8.82. The van der Waals surface area contributed by atoms with Crippen molar-refractivity contribution in [3.63, 3.8) is 0 Å². The molecule has 0 saturated heterocycles. The Morgan fingerprint density at radius 2 is 1.41 bits per heavy atom. The number of carbonyl (C=O) groups is 1. The number of phenols is 1. The highest BCUT2D eigenvalue weighted by Gasteiger charge is 2.18. The van der Waals surface area contributed by atoms with Crippen LogP contribution >= 0.6 is 0 Å². The Bertz CT molecular complexity index is 546. The number of hydrogen-bond donors (Lipinski definition) is 2. The van der Waals surface area contributed by atoms with Crippen LogP contribution < -0.4 is 5.32 Å². The molecule has 1 aromatic rings. The minimum absolute atomic E-state index is 0.0662. The van der Waals surface area contributed by atoms with E-state index in [1.54, 1.807) is 12.1 Å². The molecule has 2 N–H and O–H groups in total. The second-order valence-corrected chi connectivity index (χ2v) is 8.82. The van der Waals surface area contributed by atoms with Crippen LogP contribution in [0.15, 0.2) is 18.2 Å². The molecule has 1 rings (SSSR count). The fourth-order valence-corrected chi connectivity index (χ4v) is 3.39. The minimum Gasteiger partial charge on any atom is -0.508 e. The van der Waals surface area contributed by atoms with Gasteiger partial charge in [0.15, 0.2) is 0 Å². The Hall–Kier alpha value is -1.51. The third-order valence-corrected chi connectivity index (χ3v) is 5.10. The zero-order valence-corrected chi connectivity index (χ0v) is 18.1. The first kappa shape index (κ1) is 23.5. The van der Waals surface area contributed by atoms with Crippen LogP contribution in [0.25, 0.3) is 0 Å². The molecule has 0 aliphatic rings. The lowest BCUT2D eigenvalue weighted by atomic mass is 9.86. The lowest BCUT2D eigenvalue weighted by Gasteiger charge is -2.21. The van der Waals surface area contributed by atoms with E-state index in [0.717, 1.165) is 24.1 Å². The highest BCUT2D eigenvalue weighted by molar-refractivity contribution is 5.90. The molecule has 154 valence electrons. The van der Waals surface area contributed by atoms with Gasteiger partial charge in [-0.25, -0.2) is 0 Å². The van der Waals surface area contributed by atoms with Crippen LogP contribution in [0.1, 0.15) is 110 Å². The quantitative estimate of drug-likeness (QED) is 0.280. The van der Waals surface area contributed by atoms with Gasteiger partial charge < -0.3 is 10.4 Å². The number of aromatic hydroxyl groups is 1. The SMILES string of the molecule is CCCCCCCCCCCCCC(=O)Nc1ccc(O)c(C(C)(C)C)c1. The summed E-state index contributed by atoms with van der Waals surface area (Å²) in [6, 6.07) is 5.31. The molecule has 3 heteroatoms. The van der Waals surface area contributed by atoms with Crippen molar-refractivity contribution in [3.8, 4) is 5.75 Å². The monoisotopic (exact) mass is 375 g/mol. The predicted octanol–water partition coefficient (Wildman–Crippen LogP) is 7.33. The summed E-state index contributed by atoms with van der Waals surface area (Å²) in [6.07, 6.45) is 14.7. The molecular formula is C24H41NO2. The second kappa shape index (κ2) is 12.8. The summed E-state index contributed by atoms with van der Waals surface area (Å²) in [7, 11) is 0. The molecule has 0 spiro atoms. The van der Waals surface area contributed by atoms with E-state index in [0.29, 0.717) is 6.42 Å². The van der Waals surface area contributed by atoms with Crippen molar-refractivity contribution in [2.75, 3.05) is 5.32 Å². The third-order valence-electron chi connectivity index (χ3n) is 5.10. The van der Waals surface area contributed by atoms with E-state index < -0.39 is 0 Å². The molecule has 0 heterocycles. The van der Waals surface area contributed by atoms with E-state index in [9.17, 15) is 9.90 Å². The van der Waals surface area contributed by atoms with Gasteiger partial charge in [0, 0.05) is 17.7 Å². The van der Waals surface area contributed by atoms with Crippen molar-refractivity contribution in [1.82, 2.24) is 0 Å². The van der Waals surface area contributed by atoms with Crippen LogP contribution in [0.5, 0.6) is 5.75 Å². The average Bonchev–Trinajstić information content (AvgIpc) is 2.60. The Kier molecular flexibility index (Phi) is 11.2. The lowest BCUT2D eigenvalue weighted by Crippen LogP contribution is -2.14. The summed E-state index contributed by atoms with van der Waals surface area (Å²) >= 11 is 0. The number of rotatable bonds is 13. The molecule has 27 heavy (non-hydrogen) atoms. The number of phenolic OH excluding ortho intramolecular Hbond substituents is 1. The molecule has 0 saturated carbocycles. The molecular weight excluding hydrogens is 334 g/mol. The number of unbranched alkanes of at least 4 members (excludes halogenated alkanes) is 10. The molecule has 0 fully saturated rings. The molecule has 0 aliphatic heterocycles. The first-order valence-electron chi connectivity index (χ1n) is 11.0. The van der Waals surface area contributed by atoms with Crippen LogP contribution in [0.4, 0.5) is 5.69 Å². The summed E-state index contributed by atoms with van der Waals surface area (Å²) in [6.45, 7) is 8.42. The van der Waals surface area contributed by atoms with Crippen LogP contribution in [-0.2, 0) is 10.2 Å². The van der Waals surface area contributed by atoms with E-state index in [4.69, 9.17) is 0 Å². The van der Waals surface area contributed by atoms with Gasteiger partial charge in [-0.15, -0.1) is 0 Å². The normalized spacial score (nSPS) is 11.6. The van der Waals surface area contributed by atoms with Crippen molar-refractivity contribution in [2.24, 2.45) is 0 Å². The highest BCUT2D eigenvalue weighted by Crippen LogP contribution is 2.32. The lowest BCUT2D eigenvalue weighted by molar-refractivity contribution is -0.116. The molecule has 3 nitrogen and oxygen atoms in total. The Labute approximate surface area is 167 Å². The number of hydrogen-bond acceptors (Lipinski definition) is 2. The predicted molar refractivity (Wildman–Crippen MR) is 117 cm³/mol. The van der Waals surface area contributed by atoms with Crippen molar-refractivity contribution in [1.29, 1.82) is 0 Å². The van der Waals surface area contributed by atoms with Crippen LogP contribution in [0.2, 0.25) is 0 Å². The van der Waals surface area contributed by atoms with Gasteiger partial charge in [0.05, 0.1) is 0 Å². The smallest absolute Gasteiger partial charge is 0.224 e. The Balaban J connectivity index is 2.14. The molecule has 0 aromatic heterocycles. The van der Waals surface area contributed by atoms with E-state index in [1.165, 1.54) is 57.8 Å². The fraction of sp³-hybridized carbons (Fsp3) is 0.708. The Morgan fingerprint density at radius 1 is 0.889 bits per heavy atom. The first-order chi connectivity index (χ1) is 12.8. The van der Waals surface area contributed by atoms with Gasteiger partial charge in [0.2, 0.25) is 5.91 Å². The fourth-order valence-electron chi connectivity index (χ4n) is 3.39. The van der Waals surface area contributed by atoms with Crippen LogP contribution in [0.3, 0.4) is 0 Å². The topological polar surface area (TPSA) is 49.3 Å². The molecule has 0 unspecified atom stereocenters. The van der Waals surface area contributed by atoms with Crippen LogP contribution in [0, 0.1) is 0 Å². The van der Waals surface area contributed by atoms with Crippen molar-refractivity contribution >= 4 is 11.6 Å². The maximum Gasteiger partial charge on any atom is 0.224 e. The summed E-state index contributed by atoms with van der Waals surface area (Å²) in [5.41, 5.74) is 1.47. The first-order valence-corrected chi connectivity index (χ1v) is 11.0. The Morgan fingerprint density at radius 3 is 1.93 bits per heavy atom. The summed E-state index contributed by atoms with van der Waals surface area (Å²) in [5.74, 6) is 0.349. The number of amides is 1. The van der Waals surface area contributed by atoms with E-state index in [1.807, 2.05) is 6.07 Å². The molecule has 0 radical (unpaired) electrons. The maximum atomic E-state index is 12.1. The van der Waals surface area contributed by atoms with Gasteiger partial charge in [-0.05, 0) is 30.0 Å². The van der Waals surface area contributed by atoms with E-state index in [-0.39, 0.29) is 17.1 Å². The van der Waals surface area contributed by atoms with Gasteiger partial charge in [-0.3, -0.25) is 4.79 Å². The van der Waals surface area contributed by atoms with Crippen molar-refractivity contribution < 1.29 is 9.90 Å². The average molecular weight is 376 g/mol. The standard InChI is InChI=1S/C24H41NO2/c1-5-6-7-8-9-10-11-12-13-14-15-16-23(27)25-20-17-18-22(26)21(19-20)24(2,3)4/h17-19,26H,5-16H2,1-4H3,(H,25,27). The van der Waals surface area contributed by atoms with Gasteiger partial charge in [-0.1, -0.05) is 91.9 Å². The van der Waals surface area contributed by atoms with Gasteiger partial charge in [0.1, 0.15) is 5.75 Å². The van der Waals surface area contributed by atoms with Gasteiger partial charge in [0.25, 0.3) is 0 Å². The minimum atomic E-state index is -0.152. The molecule has 0 aliphatic carbocycles. The van der Waals surface area contributed by atoms with Gasteiger partial charge >= 0.3 is 0 Å². The number of nitrogens with one attached hydrogen (secondary N) is 1. The highest BCUT2D eigenvalue weighted by atomic mass is 16.3. The van der Waals surface area contributed by atoms with Crippen molar-refractivity contribution in [2.45, 2.75) is 110 Å². The maximum absolute atomic E-state index is 12.1. The van der Waals surface area contributed by atoms with Gasteiger partial charge in [-0.2, -0.15) is 0 Å². The summed E-state index contributed by atoms with van der Waals surface area (Å²) < 4.78 is 0. The molecule has 1 amide bonds. The summed E-state index contributed by atoms with van der Waals surface area (Å²) in [5, 5.41) is 13.0. The summed E-state index contributed by atoms with van der Waals surface area (Å²) in [4.78, 5) is 12.1. The number of benzene rings is 1. The van der Waals surface area contributed by atoms with Crippen molar-refractivity contribution in [3.05, 3.63) is 23.8 Å². The largest absolute Gasteiger partial charge is 0.508 e. The molecule has 0 bridgehead atoms. The number of anilines is 1. The zero-order chi connectivity index (χ0) is 20.1. The third kappa shape index (κ3) is 10.4. The van der Waals surface area contributed by atoms with E-state index >= 15 is 0 Å². The molecule has 1 aromatic carbocycles. The zero-order valence-electron chi connectivity index (χ0n) is 18.1. The van der Waals surface area contributed by atoms with E-state index in [2.05, 4.69) is 33.0 Å². The van der Waals surface area contributed by atoms with Crippen LogP contribution in [-0.4, -0.2) is 11.0 Å². The number of carbonyl (C=O) groups excluding carboxylic acids is 1. The molecule has 0 atom stereocenters.